The van der Waals surface area contributed by atoms with Gasteiger partial charge in [0.25, 0.3) is 0 Å². The van der Waals surface area contributed by atoms with Gasteiger partial charge in [0.1, 0.15) is 0 Å². The molecule has 4 aromatic carbocycles. The molecule has 4 aromatic rings. The molecule has 0 bridgehead atoms. The largest absolute Gasteiger partial charge is 0.0888 e. The molecule has 30 heavy (non-hydrogen) atoms. The zero-order valence-electron chi connectivity index (χ0n) is 16.0. The predicted octanol–water partition coefficient (Wildman–Crippen LogP) is 8.45. The van der Waals surface area contributed by atoms with Crippen LogP contribution in [0.1, 0.15) is 11.1 Å². The summed E-state index contributed by atoms with van der Waals surface area (Å²) in [4.78, 5) is 0. The highest BCUT2D eigenvalue weighted by Gasteiger charge is 2.08. The molecular weight excluding hydrogens is 441 g/mol. The highest BCUT2D eigenvalue weighted by atomic mass is 33.1. The number of hydrogen-bond acceptors (Lipinski definition) is 4. The number of rotatable bonds is 4. The normalized spacial score (nSPS) is 10.5. The number of thiocarbonyl (C=S) groups is 2. The third-order valence-electron chi connectivity index (χ3n) is 4.65. The smallest absolute Gasteiger partial charge is 0.0709 e. The maximum atomic E-state index is 5.62. The van der Waals surface area contributed by atoms with Crippen LogP contribution in [0.4, 0.5) is 0 Å². The van der Waals surface area contributed by atoms with Crippen molar-refractivity contribution in [1.82, 2.24) is 0 Å². The number of hydrogen-bond donors (Lipinski definition) is 0. The maximum Gasteiger partial charge on any atom is 0.0888 e. The van der Waals surface area contributed by atoms with E-state index in [-0.39, 0.29) is 0 Å². The Morgan fingerprint density at radius 3 is 1.03 bits per heavy atom. The van der Waals surface area contributed by atoms with E-state index in [1.54, 1.807) is 21.6 Å². The summed E-state index contributed by atoms with van der Waals surface area (Å²) in [6.45, 7) is 0. The molecule has 4 heteroatoms. The molecule has 0 unspecified atom stereocenters. The first-order valence-electron chi connectivity index (χ1n) is 9.45. The van der Waals surface area contributed by atoms with E-state index in [1.807, 2.05) is 36.4 Å². The van der Waals surface area contributed by atoms with E-state index in [0.717, 1.165) is 19.5 Å². The van der Waals surface area contributed by atoms with Gasteiger partial charge in [0.2, 0.25) is 0 Å². The van der Waals surface area contributed by atoms with Gasteiger partial charge in [0.15, 0.2) is 0 Å². The van der Waals surface area contributed by atoms with E-state index in [1.165, 1.54) is 22.3 Å². The van der Waals surface area contributed by atoms with E-state index in [2.05, 4.69) is 72.8 Å². The second kappa shape index (κ2) is 10.2. The summed E-state index contributed by atoms with van der Waals surface area (Å²) in [6.07, 6.45) is 0. The van der Waals surface area contributed by atoms with Crippen LogP contribution in [-0.4, -0.2) is 8.39 Å². The molecule has 0 aromatic heterocycles. The molecule has 0 aliphatic carbocycles. The first-order chi connectivity index (χ1) is 14.7. The lowest BCUT2D eigenvalue weighted by atomic mass is 10.0. The highest BCUT2D eigenvalue weighted by molar-refractivity contribution is 8.90. The van der Waals surface area contributed by atoms with Crippen LogP contribution in [-0.2, 0) is 0 Å². The van der Waals surface area contributed by atoms with Crippen molar-refractivity contribution >= 4 is 54.4 Å². The van der Waals surface area contributed by atoms with Crippen molar-refractivity contribution in [1.29, 1.82) is 0 Å². The van der Waals surface area contributed by atoms with Crippen molar-refractivity contribution < 1.29 is 0 Å². The Hall–Kier alpha value is -2.24. The molecule has 0 saturated heterocycles. The molecule has 0 nitrogen and oxygen atoms in total. The summed E-state index contributed by atoms with van der Waals surface area (Å²) < 4.78 is 1.67. The van der Waals surface area contributed by atoms with Crippen molar-refractivity contribution in [3.63, 3.8) is 0 Å². The molecule has 0 N–H and O–H groups in total. The quantitative estimate of drug-likeness (QED) is 0.222. The van der Waals surface area contributed by atoms with Gasteiger partial charge in [-0.15, -0.1) is 0 Å². The molecule has 0 spiro atoms. The molecule has 146 valence electrons. The average molecular weight is 459 g/mol. The van der Waals surface area contributed by atoms with Crippen LogP contribution in [0.15, 0.2) is 109 Å². The second-order valence-electron chi connectivity index (χ2n) is 6.63. The van der Waals surface area contributed by atoms with E-state index < -0.39 is 0 Å². The van der Waals surface area contributed by atoms with Crippen LogP contribution in [0.3, 0.4) is 0 Å². The Morgan fingerprint density at radius 1 is 0.400 bits per heavy atom. The molecule has 0 fully saturated rings. The Bertz CT molecular complexity index is 1040. The molecule has 0 aliphatic rings. The van der Waals surface area contributed by atoms with Gasteiger partial charge in [-0.2, -0.15) is 0 Å². The van der Waals surface area contributed by atoms with Crippen LogP contribution < -0.4 is 0 Å². The average Bonchev–Trinajstić information content (AvgIpc) is 2.83. The first kappa shape index (κ1) is 21.0. The Balaban J connectivity index is 1.36. The first-order valence-corrected chi connectivity index (χ1v) is 12.4. The zero-order valence-corrected chi connectivity index (χ0v) is 19.3. The Morgan fingerprint density at radius 2 is 0.700 bits per heavy atom. The van der Waals surface area contributed by atoms with Crippen molar-refractivity contribution in [2.24, 2.45) is 0 Å². The molecule has 0 saturated carbocycles. The standard InChI is InChI=1S/C26H18S4/c27-25(23-15-11-21(12-16-23)19-7-3-1-4-8-19)29-30-26(28)24-17-13-22(14-18-24)20-9-5-2-6-10-20/h1-18H. The minimum Gasteiger partial charge on any atom is -0.0709 e. The summed E-state index contributed by atoms with van der Waals surface area (Å²) in [5.74, 6) is 0. The fourth-order valence-electron chi connectivity index (χ4n) is 3.03. The SMILES string of the molecule is S=C(SSC(=S)c1ccc(-c2ccccc2)cc1)c1ccc(-c2ccccc2)cc1. The van der Waals surface area contributed by atoms with Gasteiger partial charge in [-0.05, 0) is 55.0 Å². The highest BCUT2D eigenvalue weighted by Crippen LogP contribution is 2.32. The van der Waals surface area contributed by atoms with Crippen molar-refractivity contribution in [3.8, 4) is 22.3 Å². The summed E-state index contributed by atoms with van der Waals surface area (Å²) in [7, 11) is 3.08. The van der Waals surface area contributed by atoms with Crippen LogP contribution in [0, 0.1) is 0 Å². The predicted molar refractivity (Wildman–Crippen MR) is 142 cm³/mol. The lowest BCUT2D eigenvalue weighted by molar-refractivity contribution is 1.61. The third-order valence-corrected chi connectivity index (χ3v) is 8.36. The Kier molecular flexibility index (Phi) is 7.13. The minimum atomic E-state index is 0.836. The second-order valence-corrected chi connectivity index (χ2v) is 10.1. The van der Waals surface area contributed by atoms with E-state index >= 15 is 0 Å². The molecule has 0 amide bonds. The van der Waals surface area contributed by atoms with Gasteiger partial charge >= 0.3 is 0 Å². The summed E-state index contributed by atoms with van der Waals surface area (Å²) >= 11 is 11.2. The monoisotopic (exact) mass is 458 g/mol. The molecule has 0 aliphatic heterocycles. The lowest BCUT2D eigenvalue weighted by Gasteiger charge is -2.07. The van der Waals surface area contributed by atoms with E-state index in [0.29, 0.717) is 0 Å². The minimum absolute atomic E-state index is 0.836. The number of benzene rings is 4. The maximum absolute atomic E-state index is 5.62. The zero-order chi connectivity index (χ0) is 20.8. The van der Waals surface area contributed by atoms with Crippen LogP contribution in [0.25, 0.3) is 22.3 Å². The molecule has 4 rings (SSSR count). The summed E-state index contributed by atoms with van der Waals surface area (Å²) in [5, 5.41) is 0. The lowest BCUT2D eigenvalue weighted by Crippen LogP contribution is -1.93. The van der Waals surface area contributed by atoms with E-state index in [9.17, 15) is 0 Å². The van der Waals surface area contributed by atoms with Gasteiger partial charge in [-0.25, -0.2) is 0 Å². The van der Waals surface area contributed by atoms with Crippen LogP contribution in [0.2, 0.25) is 0 Å². The van der Waals surface area contributed by atoms with Crippen molar-refractivity contribution in [2.75, 3.05) is 0 Å². The fourth-order valence-corrected chi connectivity index (χ4v) is 5.56. The van der Waals surface area contributed by atoms with Gasteiger partial charge in [-0.1, -0.05) is 134 Å². The Labute approximate surface area is 196 Å². The van der Waals surface area contributed by atoms with Crippen molar-refractivity contribution in [3.05, 3.63) is 120 Å². The molecule has 0 radical (unpaired) electrons. The molecular formula is C26H18S4. The van der Waals surface area contributed by atoms with E-state index in [4.69, 9.17) is 24.4 Å². The molecule has 0 heterocycles. The topological polar surface area (TPSA) is 0 Å². The van der Waals surface area contributed by atoms with Crippen LogP contribution in [0.5, 0.6) is 0 Å². The fraction of sp³-hybridized carbons (Fsp3) is 0. The van der Waals surface area contributed by atoms with Gasteiger partial charge in [-0.3, -0.25) is 0 Å². The van der Waals surface area contributed by atoms with Gasteiger partial charge in [0, 0.05) is 0 Å². The van der Waals surface area contributed by atoms with Gasteiger partial charge in [0.05, 0.1) is 8.39 Å². The molecule has 0 atom stereocenters. The van der Waals surface area contributed by atoms with Gasteiger partial charge < -0.3 is 0 Å². The summed E-state index contributed by atoms with van der Waals surface area (Å²) in [6, 6.07) is 37.5. The van der Waals surface area contributed by atoms with Crippen molar-refractivity contribution in [2.45, 2.75) is 0 Å². The summed E-state index contributed by atoms with van der Waals surface area (Å²) in [5.41, 5.74) is 6.88. The third kappa shape index (κ3) is 5.27. The van der Waals surface area contributed by atoms with Crippen LogP contribution >= 0.6 is 46.0 Å².